The third-order valence-corrected chi connectivity index (χ3v) is 2.37. The number of hydrogen-bond donors (Lipinski definition) is 1. The van der Waals surface area contributed by atoms with Crippen molar-refractivity contribution in [1.82, 2.24) is 9.36 Å². The Kier molecular flexibility index (Phi) is 2.51. The number of para-hydroxylation sites is 1. The van der Waals surface area contributed by atoms with Crippen molar-refractivity contribution in [3.8, 4) is 10.9 Å². The predicted molar refractivity (Wildman–Crippen MR) is 55.8 cm³/mol. The average Bonchev–Trinajstić information content (AvgIpc) is 2.64. The highest BCUT2D eigenvalue weighted by molar-refractivity contribution is 7.07. The van der Waals surface area contributed by atoms with E-state index in [0.717, 1.165) is 11.5 Å². The average molecular weight is 228 g/mol. The lowest BCUT2D eigenvalue weighted by atomic mass is 10.3. The zero-order valence-electron chi connectivity index (χ0n) is 6.98. The van der Waals surface area contributed by atoms with Crippen LogP contribution in [0, 0.1) is 0 Å². The van der Waals surface area contributed by atoms with Crippen LogP contribution in [0.5, 0.6) is 10.9 Å². The van der Waals surface area contributed by atoms with Gasteiger partial charge in [-0.25, -0.2) is 0 Å². The summed E-state index contributed by atoms with van der Waals surface area (Å²) in [5.74, 6) is 0.422. The molecule has 2 N–H and O–H groups in total. The van der Waals surface area contributed by atoms with E-state index in [-0.39, 0.29) is 0 Å². The van der Waals surface area contributed by atoms with Gasteiger partial charge in [-0.1, -0.05) is 17.7 Å². The lowest BCUT2D eigenvalue weighted by Crippen LogP contribution is -1.91. The van der Waals surface area contributed by atoms with Gasteiger partial charge in [0.1, 0.15) is 6.33 Å². The van der Waals surface area contributed by atoms with E-state index in [2.05, 4.69) is 9.36 Å². The van der Waals surface area contributed by atoms with Gasteiger partial charge in [-0.15, -0.1) is 0 Å². The first kappa shape index (κ1) is 9.23. The van der Waals surface area contributed by atoms with Crippen LogP contribution in [-0.4, -0.2) is 9.36 Å². The number of hydrogen-bond acceptors (Lipinski definition) is 5. The van der Waals surface area contributed by atoms with Gasteiger partial charge >= 0.3 is 0 Å². The third kappa shape index (κ3) is 1.78. The maximum absolute atomic E-state index is 5.90. The molecule has 72 valence electrons. The van der Waals surface area contributed by atoms with Gasteiger partial charge in [-0.3, -0.25) is 0 Å². The van der Waals surface area contributed by atoms with E-state index in [1.807, 2.05) is 0 Å². The molecule has 2 rings (SSSR count). The molecule has 0 atom stereocenters. The van der Waals surface area contributed by atoms with Crippen LogP contribution >= 0.6 is 23.1 Å². The van der Waals surface area contributed by atoms with E-state index in [9.17, 15) is 0 Å². The Balaban J connectivity index is 2.33. The van der Waals surface area contributed by atoms with Gasteiger partial charge in [0, 0.05) is 11.5 Å². The number of halogens is 1. The predicted octanol–water partition coefficient (Wildman–Crippen LogP) is 2.57. The highest BCUT2D eigenvalue weighted by atomic mass is 35.5. The number of nitrogen functional groups attached to an aromatic ring is 1. The fourth-order valence-electron chi connectivity index (χ4n) is 0.928. The van der Waals surface area contributed by atoms with Crippen LogP contribution in [0.2, 0.25) is 5.02 Å². The van der Waals surface area contributed by atoms with E-state index >= 15 is 0 Å². The van der Waals surface area contributed by atoms with Gasteiger partial charge in [0.05, 0.1) is 10.7 Å². The van der Waals surface area contributed by atoms with Crippen molar-refractivity contribution in [3.63, 3.8) is 0 Å². The van der Waals surface area contributed by atoms with Crippen LogP contribution in [0.25, 0.3) is 0 Å². The number of nitrogens with two attached hydrogens (primary N) is 1. The molecule has 0 unspecified atom stereocenters. The molecule has 14 heavy (non-hydrogen) atoms. The first-order chi connectivity index (χ1) is 6.77. The molecule has 0 saturated carbocycles. The number of nitrogens with zero attached hydrogens (tertiary/aromatic N) is 2. The standard InChI is InChI=1S/C8H6ClN3OS/c9-5-2-1-3-6(10)7(5)13-8-11-4-12-14-8/h1-4H,10H2. The van der Waals surface area contributed by atoms with Gasteiger partial charge in [0.15, 0.2) is 5.75 Å². The fourth-order valence-corrected chi connectivity index (χ4v) is 1.55. The highest BCUT2D eigenvalue weighted by Crippen LogP contribution is 2.34. The number of benzene rings is 1. The van der Waals surface area contributed by atoms with Gasteiger partial charge in [-0.05, 0) is 12.1 Å². The molecule has 0 bridgehead atoms. The molecule has 0 aliphatic carbocycles. The Morgan fingerprint density at radius 2 is 2.29 bits per heavy atom. The van der Waals surface area contributed by atoms with Crippen LogP contribution in [-0.2, 0) is 0 Å². The smallest absolute Gasteiger partial charge is 0.298 e. The zero-order chi connectivity index (χ0) is 9.97. The summed E-state index contributed by atoms with van der Waals surface area (Å²) >= 11 is 7.04. The molecular weight excluding hydrogens is 222 g/mol. The lowest BCUT2D eigenvalue weighted by Gasteiger charge is -2.05. The van der Waals surface area contributed by atoms with Crippen molar-refractivity contribution >= 4 is 28.8 Å². The van der Waals surface area contributed by atoms with Crippen molar-refractivity contribution in [2.75, 3.05) is 5.73 Å². The first-order valence-corrected chi connectivity index (χ1v) is 4.91. The Hall–Kier alpha value is -1.33. The SMILES string of the molecule is Nc1cccc(Cl)c1Oc1ncns1. The number of rotatable bonds is 2. The van der Waals surface area contributed by atoms with Crippen molar-refractivity contribution in [2.45, 2.75) is 0 Å². The van der Waals surface area contributed by atoms with Gasteiger partial charge < -0.3 is 10.5 Å². The Bertz CT molecular complexity index is 412. The van der Waals surface area contributed by atoms with Crippen LogP contribution < -0.4 is 10.5 Å². The Morgan fingerprint density at radius 3 is 2.93 bits per heavy atom. The minimum absolute atomic E-state index is 0.421. The Labute approximate surface area is 89.5 Å². The summed E-state index contributed by atoms with van der Waals surface area (Å²) in [5, 5.41) is 0.880. The van der Waals surface area contributed by atoms with Gasteiger partial charge in [-0.2, -0.15) is 9.36 Å². The Morgan fingerprint density at radius 1 is 1.43 bits per heavy atom. The van der Waals surface area contributed by atoms with E-state index < -0.39 is 0 Å². The molecule has 0 amide bonds. The lowest BCUT2D eigenvalue weighted by molar-refractivity contribution is 0.481. The maximum Gasteiger partial charge on any atom is 0.298 e. The molecule has 0 aliphatic rings. The van der Waals surface area contributed by atoms with Crippen molar-refractivity contribution < 1.29 is 4.74 Å². The van der Waals surface area contributed by atoms with Gasteiger partial charge in [0.2, 0.25) is 0 Å². The molecule has 4 nitrogen and oxygen atoms in total. The van der Waals surface area contributed by atoms with E-state index in [4.69, 9.17) is 22.1 Å². The van der Waals surface area contributed by atoms with E-state index in [1.54, 1.807) is 18.2 Å². The molecular formula is C8H6ClN3OS. The quantitative estimate of drug-likeness (QED) is 0.801. The number of ether oxygens (including phenoxy) is 1. The summed E-state index contributed by atoms with van der Waals surface area (Å²) in [6, 6.07) is 5.17. The second-order valence-corrected chi connectivity index (χ2v) is 3.62. The van der Waals surface area contributed by atoms with Gasteiger partial charge in [0.25, 0.3) is 5.19 Å². The largest absolute Gasteiger partial charge is 0.426 e. The molecule has 1 aromatic carbocycles. The molecule has 0 fully saturated rings. The molecule has 1 heterocycles. The molecule has 1 aromatic heterocycles. The molecule has 2 aromatic rings. The van der Waals surface area contributed by atoms with Crippen LogP contribution in [0.1, 0.15) is 0 Å². The molecule has 0 saturated heterocycles. The second kappa shape index (κ2) is 3.81. The summed E-state index contributed by atoms with van der Waals surface area (Å²) in [4.78, 5) is 3.86. The van der Waals surface area contributed by atoms with E-state index in [0.29, 0.717) is 21.7 Å². The maximum atomic E-state index is 5.90. The number of aromatic nitrogens is 2. The number of anilines is 1. The minimum atomic E-state index is 0.421. The first-order valence-electron chi connectivity index (χ1n) is 3.76. The van der Waals surface area contributed by atoms with E-state index in [1.165, 1.54) is 6.33 Å². The van der Waals surface area contributed by atoms with Crippen molar-refractivity contribution in [1.29, 1.82) is 0 Å². The molecule has 0 aliphatic heterocycles. The summed E-state index contributed by atoms with van der Waals surface area (Å²) in [6.07, 6.45) is 1.41. The third-order valence-electron chi connectivity index (χ3n) is 1.53. The normalized spacial score (nSPS) is 10.1. The molecule has 0 radical (unpaired) electrons. The highest BCUT2D eigenvalue weighted by Gasteiger charge is 2.08. The summed E-state index contributed by atoms with van der Waals surface area (Å²) < 4.78 is 9.17. The summed E-state index contributed by atoms with van der Waals surface area (Å²) in [6.45, 7) is 0. The van der Waals surface area contributed by atoms with Crippen LogP contribution in [0.3, 0.4) is 0 Å². The van der Waals surface area contributed by atoms with Crippen molar-refractivity contribution in [3.05, 3.63) is 29.5 Å². The fraction of sp³-hybridized carbons (Fsp3) is 0. The molecule has 0 spiro atoms. The minimum Gasteiger partial charge on any atom is -0.426 e. The zero-order valence-corrected chi connectivity index (χ0v) is 8.55. The topological polar surface area (TPSA) is 61.0 Å². The summed E-state index contributed by atoms with van der Waals surface area (Å²) in [5.41, 5.74) is 6.16. The summed E-state index contributed by atoms with van der Waals surface area (Å²) in [7, 11) is 0. The second-order valence-electron chi connectivity index (χ2n) is 2.47. The van der Waals surface area contributed by atoms with Crippen LogP contribution in [0.4, 0.5) is 5.69 Å². The van der Waals surface area contributed by atoms with Crippen LogP contribution in [0.15, 0.2) is 24.5 Å². The van der Waals surface area contributed by atoms with Crippen molar-refractivity contribution in [2.24, 2.45) is 0 Å². The monoisotopic (exact) mass is 227 g/mol. The molecule has 6 heteroatoms.